The maximum atomic E-state index is 5.41. The first-order chi connectivity index (χ1) is 6.86. The van der Waals surface area contributed by atoms with Gasteiger partial charge in [-0.3, -0.25) is 0 Å². The van der Waals surface area contributed by atoms with Crippen LogP contribution in [0, 0.1) is 0 Å². The molecule has 0 saturated carbocycles. The number of hydrogen-bond donors (Lipinski definition) is 0. The molecule has 0 heterocycles. The minimum Gasteiger partial charge on any atom is -0.493 e. The van der Waals surface area contributed by atoms with Crippen molar-refractivity contribution in [2.45, 2.75) is 25.7 Å². The number of rotatable bonds is 2. The third kappa shape index (κ3) is 2.20. The lowest BCUT2D eigenvalue weighted by atomic mass is 9.91. The lowest BCUT2D eigenvalue weighted by Crippen LogP contribution is -2.05. The second-order valence-corrected chi connectivity index (χ2v) is 3.65. The summed E-state index contributed by atoms with van der Waals surface area (Å²) in [6.07, 6.45) is 4.85. The van der Waals surface area contributed by atoms with Gasteiger partial charge in [0, 0.05) is 5.56 Å². The quantitative estimate of drug-likeness (QED) is 0.775. The van der Waals surface area contributed by atoms with Crippen molar-refractivity contribution in [2.24, 2.45) is 0 Å². The van der Waals surface area contributed by atoms with Crippen molar-refractivity contribution in [3.8, 4) is 11.5 Å². The van der Waals surface area contributed by atoms with Crippen LogP contribution in [0.15, 0.2) is 12.1 Å². The van der Waals surface area contributed by atoms with Gasteiger partial charge in [0.1, 0.15) is 0 Å². The van der Waals surface area contributed by atoms with Crippen molar-refractivity contribution in [1.29, 1.82) is 0 Å². The first kappa shape index (κ1) is 12.2. The fourth-order valence-electron chi connectivity index (χ4n) is 2.16. The minimum atomic E-state index is 0. The largest absolute Gasteiger partial charge is 0.493 e. The highest BCUT2D eigenvalue weighted by Crippen LogP contribution is 2.37. The summed E-state index contributed by atoms with van der Waals surface area (Å²) in [5.74, 6) is 1.79. The molecule has 0 radical (unpaired) electrons. The standard InChI is InChI=1S/C12H16O2.ClH/c1-13-11-8-7-9-5-3-4-6-10(9)12(11)14-2;/h7-8H,3-6H2,1-2H3;1H. The Bertz CT molecular complexity index is 322. The van der Waals surface area contributed by atoms with Crippen LogP contribution in [0.5, 0.6) is 11.5 Å². The van der Waals surface area contributed by atoms with Crippen molar-refractivity contribution < 1.29 is 9.47 Å². The molecule has 15 heavy (non-hydrogen) atoms. The number of benzene rings is 1. The number of halogens is 1. The highest BCUT2D eigenvalue weighted by molar-refractivity contribution is 5.85. The van der Waals surface area contributed by atoms with E-state index in [1.807, 2.05) is 6.07 Å². The molecule has 3 heteroatoms. The number of ether oxygens (including phenoxy) is 2. The second kappa shape index (κ2) is 5.26. The Balaban J connectivity index is 0.00000112. The molecule has 1 aliphatic carbocycles. The molecular formula is C12H17ClO2. The zero-order valence-corrected chi connectivity index (χ0v) is 10.0. The maximum absolute atomic E-state index is 5.41. The summed E-state index contributed by atoms with van der Waals surface area (Å²) < 4.78 is 10.7. The van der Waals surface area contributed by atoms with Crippen molar-refractivity contribution in [1.82, 2.24) is 0 Å². The second-order valence-electron chi connectivity index (χ2n) is 3.65. The maximum Gasteiger partial charge on any atom is 0.164 e. The molecule has 0 bridgehead atoms. The lowest BCUT2D eigenvalue weighted by molar-refractivity contribution is 0.349. The Morgan fingerprint density at radius 2 is 1.73 bits per heavy atom. The molecule has 1 aromatic rings. The Kier molecular flexibility index (Phi) is 4.28. The molecule has 0 aliphatic heterocycles. The van der Waals surface area contributed by atoms with Gasteiger partial charge in [0.05, 0.1) is 14.2 Å². The predicted octanol–water partition coefficient (Wildman–Crippen LogP) is 3.00. The molecule has 0 aromatic heterocycles. The summed E-state index contributed by atoms with van der Waals surface area (Å²) in [6.45, 7) is 0. The molecule has 0 N–H and O–H groups in total. The third-order valence-corrected chi connectivity index (χ3v) is 2.87. The van der Waals surface area contributed by atoms with Gasteiger partial charge in [0.25, 0.3) is 0 Å². The van der Waals surface area contributed by atoms with Crippen LogP contribution < -0.4 is 9.47 Å². The summed E-state index contributed by atoms with van der Waals surface area (Å²) in [7, 11) is 3.40. The number of hydrogen-bond acceptors (Lipinski definition) is 2. The van der Waals surface area contributed by atoms with Crippen molar-refractivity contribution in [3.05, 3.63) is 23.3 Å². The van der Waals surface area contributed by atoms with Gasteiger partial charge in [-0.05, 0) is 37.3 Å². The van der Waals surface area contributed by atoms with E-state index in [4.69, 9.17) is 9.47 Å². The summed E-state index contributed by atoms with van der Waals surface area (Å²) in [5, 5.41) is 0. The van der Waals surface area contributed by atoms with Gasteiger partial charge in [-0.2, -0.15) is 0 Å². The lowest BCUT2D eigenvalue weighted by Gasteiger charge is -2.20. The van der Waals surface area contributed by atoms with Crippen LogP contribution in [-0.2, 0) is 12.8 Å². The normalized spacial score (nSPS) is 13.7. The first-order valence-electron chi connectivity index (χ1n) is 5.09. The summed E-state index contributed by atoms with van der Waals surface area (Å²) in [6, 6.07) is 4.17. The van der Waals surface area contributed by atoms with E-state index in [2.05, 4.69) is 6.07 Å². The molecule has 84 valence electrons. The Morgan fingerprint density at radius 1 is 1.00 bits per heavy atom. The Morgan fingerprint density at radius 3 is 2.40 bits per heavy atom. The summed E-state index contributed by atoms with van der Waals surface area (Å²) in [4.78, 5) is 0. The topological polar surface area (TPSA) is 18.5 Å². The average Bonchev–Trinajstić information content (AvgIpc) is 2.27. The molecule has 0 unspecified atom stereocenters. The van der Waals surface area contributed by atoms with E-state index in [1.54, 1.807) is 14.2 Å². The molecule has 0 amide bonds. The summed E-state index contributed by atoms with van der Waals surface area (Å²) >= 11 is 0. The van der Waals surface area contributed by atoms with E-state index >= 15 is 0 Å². The number of methoxy groups -OCH3 is 2. The monoisotopic (exact) mass is 228 g/mol. The van der Waals surface area contributed by atoms with E-state index in [0.717, 1.165) is 17.9 Å². The minimum absolute atomic E-state index is 0. The van der Waals surface area contributed by atoms with Gasteiger partial charge in [-0.1, -0.05) is 6.07 Å². The van der Waals surface area contributed by atoms with Crippen molar-refractivity contribution >= 4 is 12.4 Å². The zero-order chi connectivity index (χ0) is 9.97. The highest BCUT2D eigenvalue weighted by Gasteiger charge is 2.17. The molecule has 2 nitrogen and oxygen atoms in total. The van der Waals surface area contributed by atoms with Crippen molar-refractivity contribution in [2.75, 3.05) is 14.2 Å². The van der Waals surface area contributed by atoms with Crippen LogP contribution in [0.3, 0.4) is 0 Å². The fourth-order valence-corrected chi connectivity index (χ4v) is 2.16. The van der Waals surface area contributed by atoms with Crippen LogP contribution >= 0.6 is 12.4 Å². The molecule has 2 rings (SSSR count). The van der Waals surface area contributed by atoms with E-state index in [0.29, 0.717) is 0 Å². The number of aryl methyl sites for hydroxylation is 1. The molecule has 0 fully saturated rings. The molecule has 1 aliphatic rings. The van der Waals surface area contributed by atoms with Gasteiger partial charge in [-0.15, -0.1) is 12.4 Å². The molecule has 0 atom stereocenters. The molecule has 0 saturated heterocycles. The van der Waals surface area contributed by atoms with Gasteiger partial charge in [-0.25, -0.2) is 0 Å². The van der Waals surface area contributed by atoms with E-state index in [1.165, 1.54) is 30.4 Å². The van der Waals surface area contributed by atoms with Gasteiger partial charge in [0.2, 0.25) is 0 Å². The van der Waals surface area contributed by atoms with Crippen LogP contribution in [-0.4, -0.2) is 14.2 Å². The third-order valence-electron chi connectivity index (χ3n) is 2.87. The van der Waals surface area contributed by atoms with Crippen LogP contribution in [0.1, 0.15) is 24.0 Å². The van der Waals surface area contributed by atoms with Crippen LogP contribution in [0.2, 0.25) is 0 Å². The van der Waals surface area contributed by atoms with Gasteiger partial charge in [0.15, 0.2) is 11.5 Å². The Labute approximate surface area is 97.0 Å². The highest BCUT2D eigenvalue weighted by atomic mass is 35.5. The van der Waals surface area contributed by atoms with E-state index < -0.39 is 0 Å². The number of fused-ring (bicyclic) bond motifs is 1. The predicted molar refractivity (Wildman–Crippen MR) is 63.4 cm³/mol. The smallest absolute Gasteiger partial charge is 0.164 e. The van der Waals surface area contributed by atoms with Crippen LogP contribution in [0.25, 0.3) is 0 Å². The SMILES string of the molecule is COc1ccc2c(c1OC)CCCC2.Cl. The summed E-state index contributed by atoms with van der Waals surface area (Å²) in [5.41, 5.74) is 2.77. The molecule has 1 aromatic carbocycles. The molecular weight excluding hydrogens is 212 g/mol. The zero-order valence-electron chi connectivity index (χ0n) is 9.21. The Hall–Kier alpha value is -0.890. The first-order valence-corrected chi connectivity index (χ1v) is 5.09. The van der Waals surface area contributed by atoms with Crippen LogP contribution in [0.4, 0.5) is 0 Å². The average molecular weight is 229 g/mol. The molecule has 0 spiro atoms. The van der Waals surface area contributed by atoms with E-state index in [-0.39, 0.29) is 12.4 Å². The van der Waals surface area contributed by atoms with Gasteiger partial charge >= 0.3 is 0 Å². The van der Waals surface area contributed by atoms with Gasteiger partial charge < -0.3 is 9.47 Å². The van der Waals surface area contributed by atoms with E-state index in [9.17, 15) is 0 Å². The van der Waals surface area contributed by atoms with Crippen molar-refractivity contribution in [3.63, 3.8) is 0 Å². The fraction of sp³-hybridized carbons (Fsp3) is 0.500.